The van der Waals surface area contributed by atoms with Crippen molar-refractivity contribution in [2.24, 2.45) is 0 Å². The van der Waals surface area contributed by atoms with Gasteiger partial charge in [-0.15, -0.1) is 17.3 Å². The summed E-state index contributed by atoms with van der Waals surface area (Å²) in [5, 5.41) is 3.76. The molecule has 1 N–H and O–H groups in total. The van der Waals surface area contributed by atoms with E-state index in [0.717, 1.165) is 6.54 Å². The third-order valence-electron chi connectivity index (χ3n) is 4.52. The number of hydrogen-bond acceptors (Lipinski definition) is 3. The van der Waals surface area contributed by atoms with Gasteiger partial charge in [0.25, 0.3) is 0 Å². The predicted molar refractivity (Wildman–Crippen MR) is 98.6 cm³/mol. The Hall–Kier alpha value is -1.78. The Morgan fingerprint density at radius 2 is 2.12 bits per heavy atom. The number of thiophene rings is 1. The van der Waals surface area contributed by atoms with E-state index in [4.69, 9.17) is 0 Å². The van der Waals surface area contributed by atoms with Gasteiger partial charge in [-0.1, -0.05) is 18.1 Å². The lowest BCUT2D eigenvalue weighted by Gasteiger charge is -2.33. The van der Waals surface area contributed by atoms with E-state index in [2.05, 4.69) is 17.2 Å². The largest absolute Gasteiger partial charge is 0.393 e. The summed E-state index contributed by atoms with van der Waals surface area (Å²) in [6.07, 6.45) is -5.69. The van der Waals surface area contributed by atoms with Crippen molar-refractivity contribution >= 4 is 27.1 Å². The average Bonchev–Trinajstić information content (AvgIpc) is 2.88. The van der Waals surface area contributed by atoms with Gasteiger partial charge in [0.1, 0.15) is 6.17 Å². The Morgan fingerprint density at radius 1 is 1.35 bits per heavy atom. The molecule has 2 aromatic rings. The first-order valence-corrected chi connectivity index (χ1v) is 9.23. The third kappa shape index (κ3) is 4.13. The molecule has 0 spiro atoms. The highest BCUT2D eigenvalue weighted by Crippen LogP contribution is 2.39. The molecule has 1 aliphatic heterocycles. The van der Waals surface area contributed by atoms with Crippen LogP contribution in [0.5, 0.6) is 0 Å². The van der Waals surface area contributed by atoms with Crippen LogP contribution in [0, 0.1) is 11.8 Å². The molecule has 0 amide bonds. The molecule has 3 rings (SSSR count). The van der Waals surface area contributed by atoms with Gasteiger partial charge in [-0.2, -0.15) is 13.2 Å². The summed E-state index contributed by atoms with van der Waals surface area (Å²) in [5.41, 5.74) is 0.882. The summed E-state index contributed by atoms with van der Waals surface area (Å²) < 4.78 is 54.1. The summed E-state index contributed by atoms with van der Waals surface area (Å²) in [7, 11) is 1.88. The van der Waals surface area contributed by atoms with E-state index in [9.17, 15) is 17.6 Å². The monoisotopic (exact) mass is 384 g/mol. The maximum Gasteiger partial charge on any atom is 0.393 e. The molecule has 26 heavy (non-hydrogen) atoms. The lowest BCUT2D eigenvalue weighted by molar-refractivity contribution is -0.126. The highest BCUT2D eigenvalue weighted by atomic mass is 32.1. The van der Waals surface area contributed by atoms with E-state index in [1.165, 1.54) is 11.3 Å². The second-order valence-corrected chi connectivity index (χ2v) is 7.60. The normalized spacial score (nSPS) is 21.5. The van der Waals surface area contributed by atoms with Crippen LogP contribution >= 0.6 is 11.3 Å². The van der Waals surface area contributed by atoms with Crippen molar-refractivity contribution in [1.82, 2.24) is 4.90 Å². The van der Waals surface area contributed by atoms with Gasteiger partial charge in [-0.3, -0.25) is 0 Å². The number of anilines is 1. The van der Waals surface area contributed by atoms with Gasteiger partial charge in [-0.25, -0.2) is 4.39 Å². The van der Waals surface area contributed by atoms with Crippen molar-refractivity contribution in [1.29, 1.82) is 0 Å². The Balaban J connectivity index is 1.99. The molecule has 2 unspecified atom stereocenters. The number of halogens is 4. The van der Waals surface area contributed by atoms with E-state index < -0.39 is 18.8 Å². The molecule has 1 fully saturated rings. The minimum Gasteiger partial charge on any atom is -0.378 e. The lowest BCUT2D eigenvalue weighted by Crippen LogP contribution is -2.46. The third-order valence-corrected chi connectivity index (χ3v) is 5.72. The molecule has 1 aliphatic rings. The number of nitrogens with zero attached hydrogens (tertiary/aromatic N) is 1. The first kappa shape index (κ1) is 19.0. The summed E-state index contributed by atoms with van der Waals surface area (Å²) in [5.74, 6) is 5.48. The number of likely N-dealkylation sites (tertiary alicyclic amines) is 1. The smallest absolute Gasteiger partial charge is 0.378 e. The zero-order valence-corrected chi connectivity index (χ0v) is 15.4. The summed E-state index contributed by atoms with van der Waals surface area (Å²) in [6, 6.07) is 4.85. The first-order valence-electron chi connectivity index (χ1n) is 8.41. The standard InChI is InChI=1S/C19H20F4N2S/c1-3-5-17-13(10-19(21,22)23)12-6-4-7-16(18(12)26-17)24-15-8-9-25(2)11-14(15)20/h4,6-7,14-15,24H,8-11H2,1-2H3. The molecule has 2 heterocycles. The van der Waals surface area contributed by atoms with E-state index in [1.54, 1.807) is 25.1 Å². The van der Waals surface area contributed by atoms with E-state index in [0.29, 0.717) is 33.6 Å². The molecule has 2 atom stereocenters. The first-order chi connectivity index (χ1) is 12.3. The van der Waals surface area contributed by atoms with Crippen LogP contribution in [0.3, 0.4) is 0 Å². The molecule has 1 aromatic heterocycles. The van der Waals surface area contributed by atoms with Crippen LogP contribution in [0.1, 0.15) is 23.8 Å². The SMILES string of the molecule is CC#Cc1sc2c(NC3CCN(C)CC3F)cccc2c1CC(F)(F)F. The number of benzene rings is 1. The van der Waals surface area contributed by atoms with Crippen molar-refractivity contribution < 1.29 is 17.6 Å². The number of alkyl halides is 4. The molecular weight excluding hydrogens is 364 g/mol. The van der Waals surface area contributed by atoms with Crippen molar-refractivity contribution in [3.05, 3.63) is 28.6 Å². The molecule has 0 saturated carbocycles. The van der Waals surface area contributed by atoms with Gasteiger partial charge in [0.05, 0.1) is 27.7 Å². The molecule has 0 bridgehead atoms. The predicted octanol–water partition coefficient (Wildman–Crippen LogP) is 4.83. The van der Waals surface area contributed by atoms with E-state index in [1.807, 2.05) is 11.9 Å². The highest BCUT2D eigenvalue weighted by molar-refractivity contribution is 7.20. The van der Waals surface area contributed by atoms with Gasteiger partial charge >= 0.3 is 6.18 Å². The number of nitrogens with one attached hydrogen (secondary N) is 1. The Labute approximate surface area is 154 Å². The fraction of sp³-hybridized carbons (Fsp3) is 0.474. The topological polar surface area (TPSA) is 15.3 Å². The highest BCUT2D eigenvalue weighted by Gasteiger charge is 2.32. The number of fused-ring (bicyclic) bond motifs is 1. The minimum absolute atomic E-state index is 0.204. The van der Waals surface area contributed by atoms with E-state index in [-0.39, 0.29) is 11.6 Å². The minimum atomic E-state index is -4.31. The van der Waals surface area contributed by atoms with Crippen LogP contribution in [0.4, 0.5) is 23.2 Å². The molecular formula is C19H20F4N2S. The number of rotatable bonds is 3. The molecule has 1 aromatic carbocycles. The second-order valence-electron chi connectivity index (χ2n) is 6.58. The molecule has 2 nitrogen and oxygen atoms in total. The maximum atomic E-state index is 14.3. The fourth-order valence-corrected chi connectivity index (χ4v) is 4.49. The Morgan fingerprint density at radius 3 is 2.77 bits per heavy atom. The van der Waals surface area contributed by atoms with E-state index >= 15 is 0 Å². The van der Waals surface area contributed by atoms with Gasteiger partial charge in [0, 0.05) is 13.1 Å². The van der Waals surface area contributed by atoms with Crippen molar-refractivity contribution in [2.45, 2.75) is 38.2 Å². The summed E-state index contributed by atoms with van der Waals surface area (Å²) in [6.45, 7) is 2.74. The zero-order chi connectivity index (χ0) is 18.9. The zero-order valence-electron chi connectivity index (χ0n) is 14.6. The number of piperidine rings is 1. The van der Waals surface area contributed by atoms with Gasteiger partial charge in [-0.05, 0) is 37.4 Å². The molecule has 0 radical (unpaired) electrons. The maximum absolute atomic E-state index is 14.3. The van der Waals surface area contributed by atoms with Crippen molar-refractivity contribution in [3.63, 3.8) is 0 Å². The van der Waals surface area contributed by atoms with Gasteiger partial charge < -0.3 is 10.2 Å². The fourth-order valence-electron chi connectivity index (χ4n) is 3.29. The number of hydrogen-bond donors (Lipinski definition) is 1. The van der Waals surface area contributed by atoms with Crippen LogP contribution in [-0.2, 0) is 6.42 Å². The Kier molecular flexibility index (Phi) is 5.44. The van der Waals surface area contributed by atoms with Crippen LogP contribution in [0.2, 0.25) is 0 Å². The van der Waals surface area contributed by atoms with Crippen LogP contribution < -0.4 is 5.32 Å². The average molecular weight is 384 g/mol. The molecule has 7 heteroatoms. The molecule has 140 valence electrons. The van der Waals surface area contributed by atoms with Crippen molar-refractivity contribution in [3.8, 4) is 11.8 Å². The van der Waals surface area contributed by atoms with Gasteiger partial charge in [0.2, 0.25) is 0 Å². The van der Waals surface area contributed by atoms with Crippen LogP contribution in [0.25, 0.3) is 10.1 Å². The van der Waals surface area contributed by atoms with Crippen molar-refractivity contribution in [2.75, 3.05) is 25.5 Å². The second kappa shape index (κ2) is 7.45. The summed E-state index contributed by atoms with van der Waals surface area (Å²) in [4.78, 5) is 2.36. The molecule has 0 aliphatic carbocycles. The van der Waals surface area contributed by atoms with Crippen LogP contribution in [0.15, 0.2) is 18.2 Å². The summed E-state index contributed by atoms with van der Waals surface area (Å²) >= 11 is 1.24. The quantitative estimate of drug-likeness (QED) is 0.602. The van der Waals surface area contributed by atoms with Gasteiger partial charge in [0.15, 0.2) is 0 Å². The molecule has 1 saturated heterocycles. The van der Waals surface area contributed by atoms with Crippen LogP contribution in [-0.4, -0.2) is 43.4 Å². The Bertz CT molecular complexity index is 847. The lowest BCUT2D eigenvalue weighted by atomic mass is 10.0.